The molecule has 0 radical (unpaired) electrons. The standard InChI is InChI=1S/C21H25BrFN3O5/c1-21(2,3)31-20(27)25(11-9-14-13-15(23)5-6-16(14)22)12-10-17-18(26(28)29)7-8-19(24-17)30-4/h5-8,13H,9-12H2,1-4H3. The maximum absolute atomic E-state index is 13.6. The molecule has 8 nitrogen and oxygen atoms in total. The molecule has 0 N–H and O–H groups in total. The first-order chi connectivity index (χ1) is 14.5. The number of amides is 1. The van der Waals surface area contributed by atoms with E-state index in [2.05, 4.69) is 20.9 Å². The summed E-state index contributed by atoms with van der Waals surface area (Å²) in [7, 11) is 1.42. The van der Waals surface area contributed by atoms with Crippen LogP contribution in [0.2, 0.25) is 0 Å². The zero-order valence-corrected chi connectivity index (χ0v) is 19.4. The maximum atomic E-state index is 13.6. The largest absolute Gasteiger partial charge is 0.481 e. The van der Waals surface area contributed by atoms with Crippen LogP contribution in [0.4, 0.5) is 14.9 Å². The van der Waals surface area contributed by atoms with E-state index in [0.29, 0.717) is 12.0 Å². The van der Waals surface area contributed by atoms with Crippen LogP contribution in [0.25, 0.3) is 0 Å². The molecule has 0 unspecified atom stereocenters. The van der Waals surface area contributed by atoms with Gasteiger partial charge in [0.15, 0.2) is 0 Å². The van der Waals surface area contributed by atoms with Crippen molar-refractivity contribution in [1.82, 2.24) is 9.88 Å². The van der Waals surface area contributed by atoms with Crippen LogP contribution >= 0.6 is 15.9 Å². The number of ether oxygens (including phenoxy) is 2. The van der Waals surface area contributed by atoms with Gasteiger partial charge in [-0.1, -0.05) is 15.9 Å². The molecule has 1 aromatic carbocycles. The number of rotatable bonds is 8. The monoisotopic (exact) mass is 497 g/mol. The normalized spacial score (nSPS) is 11.2. The molecule has 0 aliphatic carbocycles. The van der Waals surface area contributed by atoms with E-state index < -0.39 is 16.6 Å². The van der Waals surface area contributed by atoms with Crippen LogP contribution in [0.5, 0.6) is 5.88 Å². The first kappa shape index (κ1) is 24.5. The molecule has 0 atom stereocenters. The van der Waals surface area contributed by atoms with Crippen LogP contribution in [-0.2, 0) is 17.6 Å². The number of methoxy groups -OCH3 is 1. The topological polar surface area (TPSA) is 94.8 Å². The van der Waals surface area contributed by atoms with E-state index in [4.69, 9.17) is 9.47 Å². The van der Waals surface area contributed by atoms with E-state index in [-0.39, 0.29) is 42.6 Å². The number of carbonyl (C=O) groups is 1. The van der Waals surface area contributed by atoms with Gasteiger partial charge in [0.25, 0.3) is 5.69 Å². The van der Waals surface area contributed by atoms with Crippen molar-refractivity contribution in [3.63, 3.8) is 0 Å². The predicted octanol–water partition coefficient (Wildman–Crippen LogP) is 4.92. The molecule has 2 rings (SSSR count). The van der Waals surface area contributed by atoms with E-state index in [1.807, 2.05) is 0 Å². The number of hydrogen-bond acceptors (Lipinski definition) is 6. The van der Waals surface area contributed by atoms with Crippen molar-refractivity contribution in [1.29, 1.82) is 0 Å². The van der Waals surface area contributed by atoms with Gasteiger partial charge < -0.3 is 14.4 Å². The summed E-state index contributed by atoms with van der Waals surface area (Å²) in [6, 6.07) is 7.07. The molecule has 168 valence electrons. The zero-order valence-electron chi connectivity index (χ0n) is 17.9. The highest BCUT2D eigenvalue weighted by atomic mass is 79.9. The minimum Gasteiger partial charge on any atom is -0.481 e. The van der Waals surface area contributed by atoms with Gasteiger partial charge in [-0.15, -0.1) is 0 Å². The quantitative estimate of drug-likeness (QED) is 0.379. The molecular weight excluding hydrogens is 473 g/mol. The smallest absolute Gasteiger partial charge is 0.410 e. The Hall–Kier alpha value is -2.75. The average Bonchev–Trinajstić information content (AvgIpc) is 2.68. The first-order valence-electron chi connectivity index (χ1n) is 9.60. The van der Waals surface area contributed by atoms with E-state index in [9.17, 15) is 19.3 Å². The summed E-state index contributed by atoms with van der Waals surface area (Å²) in [6.45, 7) is 5.61. The van der Waals surface area contributed by atoms with Crippen molar-refractivity contribution in [2.45, 2.75) is 39.2 Å². The molecule has 2 aromatic rings. The van der Waals surface area contributed by atoms with Crippen LogP contribution in [0, 0.1) is 15.9 Å². The van der Waals surface area contributed by atoms with Crippen molar-refractivity contribution in [2.75, 3.05) is 20.2 Å². The molecule has 1 aromatic heterocycles. The van der Waals surface area contributed by atoms with Gasteiger partial charge in [0.05, 0.1) is 12.0 Å². The Morgan fingerprint density at radius 1 is 1.23 bits per heavy atom. The van der Waals surface area contributed by atoms with E-state index in [1.54, 1.807) is 26.8 Å². The lowest BCUT2D eigenvalue weighted by Crippen LogP contribution is -2.39. The van der Waals surface area contributed by atoms with Gasteiger partial charge in [-0.2, -0.15) is 0 Å². The van der Waals surface area contributed by atoms with Gasteiger partial charge in [0, 0.05) is 36.1 Å². The third-order valence-electron chi connectivity index (χ3n) is 4.26. The fraction of sp³-hybridized carbons (Fsp3) is 0.429. The lowest BCUT2D eigenvalue weighted by Gasteiger charge is -2.27. The van der Waals surface area contributed by atoms with Crippen LogP contribution < -0.4 is 4.74 Å². The number of aromatic nitrogens is 1. The molecule has 0 aliphatic heterocycles. The Morgan fingerprint density at radius 2 is 1.90 bits per heavy atom. The average molecular weight is 498 g/mol. The summed E-state index contributed by atoms with van der Waals surface area (Å²) in [5.41, 5.74) is 0.0244. The Bertz CT molecular complexity index is 949. The summed E-state index contributed by atoms with van der Waals surface area (Å²) in [6.07, 6.45) is -0.0759. The summed E-state index contributed by atoms with van der Waals surface area (Å²) in [4.78, 5) is 29.2. The Kier molecular flexibility index (Phi) is 8.32. The summed E-state index contributed by atoms with van der Waals surface area (Å²) in [5.74, 6) is -0.133. The number of carbonyl (C=O) groups excluding carboxylic acids is 1. The van der Waals surface area contributed by atoms with E-state index >= 15 is 0 Å². The first-order valence-corrected chi connectivity index (χ1v) is 10.4. The van der Waals surface area contributed by atoms with E-state index in [1.165, 1.54) is 36.3 Å². The van der Waals surface area contributed by atoms with E-state index in [0.717, 1.165) is 4.47 Å². The fourth-order valence-corrected chi connectivity index (χ4v) is 3.23. The Balaban J connectivity index is 2.22. The zero-order chi connectivity index (χ0) is 23.2. The molecule has 31 heavy (non-hydrogen) atoms. The lowest BCUT2D eigenvalue weighted by molar-refractivity contribution is -0.386. The molecule has 0 aliphatic rings. The highest BCUT2D eigenvalue weighted by Gasteiger charge is 2.24. The van der Waals surface area contributed by atoms with Crippen LogP contribution in [0.15, 0.2) is 34.8 Å². The van der Waals surface area contributed by atoms with Crippen molar-refractivity contribution in [3.8, 4) is 5.88 Å². The highest BCUT2D eigenvalue weighted by molar-refractivity contribution is 9.10. The van der Waals surface area contributed by atoms with Crippen LogP contribution in [0.3, 0.4) is 0 Å². The van der Waals surface area contributed by atoms with Crippen molar-refractivity contribution in [3.05, 3.63) is 62.0 Å². The SMILES string of the molecule is COc1ccc([N+](=O)[O-])c(CCN(CCc2cc(F)ccc2Br)C(=O)OC(C)(C)C)n1. The lowest BCUT2D eigenvalue weighted by atomic mass is 10.1. The Morgan fingerprint density at radius 3 is 2.52 bits per heavy atom. The summed E-state index contributed by atoms with van der Waals surface area (Å²) < 4.78 is 24.9. The van der Waals surface area contributed by atoms with Crippen LogP contribution in [0.1, 0.15) is 32.0 Å². The minimum atomic E-state index is -0.713. The Labute approximate surface area is 188 Å². The molecule has 0 bridgehead atoms. The third kappa shape index (κ3) is 7.46. The summed E-state index contributed by atoms with van der Waals surface area (Å²) >= 11 is 3.38. The second-order valence-corrected chi connectivity index (χ2v) is 8.63. The number of nitrogens with zero attached hydrogens (tertiary/aromatic N) is 3. The minimum absolute atomic E-state index is 0.122. The van der Waals surface area contributed by atoms with Crippen molar-refractivity contribution >= 4 is 27.7 Å². The second kappa shape index (κ2) is 10.5. The van der Waals surface area contributed by atoms with Gasteiger partial charge in [-0.3, -0.25) is 10.1 Å². The fourth-order valence-electron chi connectivity index (χ4n) is 2.79. The molecule has 0 fully saturated rings. The highest BCUT2D eigenvalue weighted by Crippen LogP contribution is 2.22. The van der Waals surface area contributed by atoms with Gasteiger partial charge in [-0.25, -0.2) is 14.2 Å². The van der Waals surface area contributed by atoms with Gasteiger partial charge in [0.1, 0.15) is 17.1 Å². The number of benzene rings is 1. The van der Waals surface area contributed by atoms with Gasteiger partial charge >= 0.3 is 6.09 Å². The maximum Gasteiger partial charge on any atom is 0.410 e. The van der Waals surface area contributed by atoms with Crippen molar-refractivity contribution in [2.24, 2.45) is 0 Å². The molecule has 1 amide bonds. The number of hydrogen-bond donors (Lipinski definition) is 0. The molecule has 10 heteroatoms. The molecule has 0 saturated heterocycles. The molecule has 1 heterocycles. The number of pyridine rings is 1. The predicted molar refractivity (Wildman–Crippen MR) is 117 cm³/mol. The number of halogens is 2. The molecule has 0 saturated carbocycles. The third-order valence-corrected chi connectivity index (χ3v) is 5.03. The van der Waals surface area contributed by atoms with Crippen LogP contribution in [-0.4, -0.2) is 46.7 Å². The van der Waals surface area contributed by atoms with Crippen molar-refractivity contribution < 1.29 is 23.6 Å². The molecular formula is C21H25BrFN3O5. The van der Waals surface area contributed by atoms with Gasteiger partial charge in [0.2, 0.25) is 5.88 Å². The number of nitro groups is 1. The molecule has 0 spiro atoms. The summed E-state index contributed by atoms with van der Waals surface area (Å²) in [5, 5.41) is 11.3. The van der Waals surface area contributed by atoms with Gasteiger partial charge in [-0.05, 0) is 51.0 Å². The second-order valence-electron chi connectivity index (χ2n) is 7.78.